The van der Waals surface area contributed by atoms with E-state index < -0.39 is 26.7 Å². The highest BCUT2D eigenvalue weighted by molar-refractivity contribution is 6.62. The Kier molecular flexibility index (Phi) is 10.2. The van der Waals surface area contributed by atoms with Crippen LogP contribution >= 0.6 is 0 Å². The highest BCUT2D eigenvalue weighted by atomic mass is 28.4. The number of rotatable bonds is 11. The SMILES string of the molecule is CCOC(=O)C(CCC(C)[Si](OC)(OC)OC)C(=O)OCC. The van der Waals surface area contributed by atoms with Crippen molar-refractivity contribution in [1.82, 2.24) is 0 Å². The topological polar surface area (TPSA) is 80.3 Å². The number of hydrogen-bond donors (Lipinski definition) is 0. The molecule has 0 saturated carbocycles. The number of carbonyl (C=O) groups excluding carboxylic acids is 2. The third-order valence-electron chi connectivity index (χ3n) is 3.49. The van der Waals surface area contributed by atoms with Crippen molar-refractivity contribution in [3.63, 3.8) is 0 Å². The van der Waals surface area contributed by atoms with Crippen LogP contribution in [0.5, 0.6) is 0 Å². The lowest BCUT2D eigenvalue weighted by Gasteiger charge is -2.30. The van der Waals surface area contributed by atoms with Gasteiger partial charge in [0.05, 0.1) is 13.2 Å². The lowest BCUT2D eigenvalue weighted by Crippen LogP contribution is -2.47. The highest BCUT2D eigenvalue weighted by Gasteiger charge is 2.45. The fourth-order valence-electron chi connectivity index (χ4n) is 2.26. The molecule has 7 nitrogen and oxygen atoms in total. The second-order valence-corrected chi connectivity index (χ2v) is 8.17. The van der Waals surface area contributed by atoms with Crippen LogP contribution in [-0.2, 0) is 32.3 Å². The van der Waals surface area contributed by atoms with Gasteiger partial charge in [-0.05, 0) is 26.7 Å². The van der Waals surface area contributed by atoms with Gasteiger partial charge in [0.1, 0.15) is 0 Å². The van der Waals surface area contributed by atoms with Gasteiger partial charge in [-0.2, -0.15) is 0 Å². The molecule has 0 N–H and O–H groups in total. The molecule has 1 atom stereocenters. The van der Waals surface area contributed by atoms with Crippen molar-refractivity contribution in [2.75, 3.05) is 34.5 Å². The van der Waals surface area contributed by atoms with Crippen LogP contribution in [0.15, 0.2) is 0 Å². The average molecular weight is 336 g/mol. The summed E-state index contributed by atoms with van der Waals surface area (Å²) in [6.45, 7) is 5.74. The monoisotopic (exact) mass is 336 g/mol. The third-order valence-corrected chi connectivity index (χ3v) is 6.69. The average Bonchev–Trinajstić information content (AvgIpc) is 2.50. The predicted molar refractivity (Wildman–Crippen MR) is 82.2 cm³/mol. The number of carbonyl (C=O) groups is 2. The van der Waals surface area contributed by atoms with Gasteiger partial charge in [0.25, 0.3) is 0 Å². The molecule has 0 aromatic rings. The van der Waals surface area contributed by atoms with Crippen molar-refractivity contribution < 1.29 is 32.3 Å². The molecule has 0 rings (SSSR count). The minimum atomic E-state index is -2.80. The molecule has 0 radical (unpaired) electrons. The van der Waals surface area contributed by atoms with E-state index in [2.05, 4.69) is 0 Å². The summed E-state index contributed by atoms with van der Waals surface area (Å²) in [5.74, 6) is -2.06. The molecule has 8 heteroatoms. The first-order valence-corrected chi connectivity index (χ1v) is 9.21. The third kappa shape index (κ3) is 5.67. The van der Waals surface area contributed by atoms with Gasteiger partial charge in [-0.1, -0.05) is 6.92 Å². The predicted octanol–water partition coefficient (Wildman–Crippen LogP) is 1.78. The Hall–Kier alpha value is -0.963. The van der Waals surface area contributed by atoms with E-state index in [4.69, 9.17) is 22.8 Å². The first kappa shape index (κ1) is 21.0. The Morgan fingerprint density at radius 1 is 0.864 bits per heavy atom. The Balaban J connectivity index is 4.87. The second-order valence-electron chi connectivity index (χ2n) is 4.75. The Labute approximate surface area is 133 Å². The van der Waals surface area contributed by atoms with Crippen LogP contribution in [0.1, 0.15) is 33.6 Å². The molecular formula is C14H28O7Si. The fourth-order valence-corrected chi connectivity index (χ4v) is 4.49. The van der Waals surface area contributed by atoms with Gasteiger partial charge >= 0.3 is 20.7 Å². The summed E-state index contributed by atoms with van der Waals surface area (Å²) in [5.41, 5.74) is -0.0705. The van der Waals surface area contributed by atoms with Crippen LogP contribution in [-0.4, -0.2) is 55.3 Å². The van der Waals surface area contributed by atoms with E-state index in [9.17, 15) is 9.59 Å². The van der Waals surface area contributed by atoms with E-state index in [1.54, 1.807) is 13.8 Å². The van der Waals surface area contributed by atoms with E-state index >= 15 is 0 Å². The summed E-state index contributed by atoms with van der Waals surface area (Å²) in [6.07, 6.45) is 0.813. The number of hydrogen-bond acceptors (Lipinski definition) is 7. The molecule has 0 amide bonds. The van der Waals surface area contributed by atoms with Crippen LogP contribution in [0.2, 0.25) is 5.54 Å². The van der Waals surface area contributed by atoms with Crippen LogP contribution < -0.4 is 0 Å². The fraction of sp³-hybridized carbons (Fsp3) is 0.857. The molecule has 0 heterocycles. The first-order valence-electron chi connectivity index (χ1n) is 7.41. The molecule has 0 aromatic carbocycles. The van der Waals surface area contributed by atoms with E-state index in [1.165, 1.54) is 21.3 Å². The molecule has 0 fully saturated rings. The number of esters is 2. The summed E-state index contributed by atoms with van der Waals surface area (Å²) in [7, 11) is 1.80. The van der Waals surface area contributed by atoms with Crippen LogP contribution in [0, 0.1) is 5.92 Å². The zero-order chi connectivity index (χ0) is 17.2. The molecule has 0 aliphatic heterocycles. The smallest absolute Gasteiger partial charge is 0.465 e. The Morgan fingerprint density at radius 3 is 1.59 bits per heavy atom. The maximum Gasteiger partial charge on any atom is 0.503 e. The van der Waals surface area contributed by atoms with Gasteiger partial charge < -0.3 is 22.8 Å². The van der Waals surface area contributed by atoms with Gasteiger partial charge in [-0.25, -0.2) is 0 Å². The molecule has 0 aliphatic carbocycles. The Morgan fingerprint density at radius 2 is 1.27 bits per heavy atom. The summed E-state index contributed by atoms with van der Waals surface area (Å²) in [6, 6.07) is 0. The molecule has 0 bridgehead atoms. The van der Waals surface area contributed by atoms with E-state index in [0.717, 1.165) is 0 Å². The van der Waals surface area contributed by atoms with E-state index in [-0.39, 0.29) is 18.8 Å². The molecular weight excluding hydrogens is 308 g/mol. The lowest BCUT2D eigenvalue weighted by molar-refractivity contribution is -0.162. The zero-order valence-electron chi connectivity index (χ0n) is 14.3. The van der Waals surface area contributed by atoms with Crippen molar-refractivity contribution in [3.05, 3.63) is 0 Å². The van der Waals surface area contributed by atoms with Crippen molar-refractivity contribution in [3.8, 4) is 0 Å². The minimum Gasteiger partial charge on any atom is -0.465 e. The maximum absolute atomic E-state index is 11.9. The normalized spacial score (nSPS) is 13.0. The van der Waals surface area contributed by atoms with Gasteiger partial charge in [0, 0.05) is 26.9 Å². The van der Waals surface area contributed by atoms with Gasteiger partial charge in [0.2, 0.25) is 0 Å². The van der Waals surface area contributed by atoms with Crippen molar-refractivity contribution in [2.45, 2.75) is 39.2 Å². The number of ether oxygens (including phenoxy) is 2. The molecule has 130 valence electrons. The summed E-state index contributed by atoms with van der Waals surface area (Å²) < 4.78 is 26.1. The maximum atomic E-state index is 11.9. The highest BCUT2D eigenvalue weighted by Crippen LogP contribution is 2.30. The summed E-state index contributed by atoms with van der Waals surface area (Å²) in [5, 5.41) is 0. The molecule has 0 saturated heterocycles. The van der Waals surface area contributed by atoms with Gasteiger partial charge in [-0.15, -0.1) is 0 Å². The minimum absolute atomic E-state index is 0.0705. The standard InChI is InChI=1S/C14H28O7Si/c1-7-20-13(15)12(14(16)21-8-2)10-9-11(3)22(17-4,18-5)19-6/h11-12H,7-10H2,1-6H3. The molecule has 0 aromatic heterocycles. The molecule has 0 aliphatic rings. The van der Waals surface area contributed by atoms with E-state index in [0.29, 0.717) is 12.8 Å². The van der Waals surface area contributed by atoms with Crippen molar-refractivity contribution >= 4 is 20.7 Å². The van der Waals surface area contributed by atoms with Gasteiger partial charge in [0.15, 0.2) is 5.92 Å². The zero-order valence-corrected chi connectivity index (χ0v) is 15.3. The molecule has 1 unspecified atom stereocenters. The van der Waals surface area contributed by atoms with Crippen molar-refractivity contribution in [1.29, 1.82) is 0 Å². The Bertz CT molecular complexity index is 318. The second kappa shape index (κ2) is 10.7. The summed E-state index contributed by atoms with van der Waals surface area (Å²) in [4.78, 5) is 23.8. The quantitative estimate of drug-likeness (QED) is 0.323. The largest absolute Gasteiger partial charge is 0.503 e. The molecule has 22 heavy (non-hydrogen) atoms. The lowest BCUT2D eigenvalue weighted by atomic mass is 10.0. The molecule has 0 spiro atoms. The van der Waals surface area contributed by atoms with Crippen LogP contribution in [0.3, 0.4) is 0 Å². The van der Waals surface area contributed by atoms with Gasteiger partial charge in [-0.3, -0.25) is 9.59 Å². The van der Waals surface area contributed by atoms with Crippen LogP contribution in [0.25, 0.3) is 0 Å². The van der Waals surface area contributed by atoms with Crippen molar-refractivity contribution in [2.24, 2.45) is 5.92 Å². The summed E-state index contributed by atoms with van der Waals surface area (Å²) >= 11 is 0. The first-order chi connectivity index (χ1) is 10.4. The van der Waals surface area contributed by atoms with E-state index in [1.807, 2.05) is 6.92 Å². The van der Waals surface area contributed by atoms with Crippen LogP contribution in [0.4, 0.5) is 0 Å².